The van der Waals surface area contributed by atoms with Crippen LogP contribution in [0, 0.1) is 5.92 Å². The van der Waals surface area contributed by atoms with E-state index < -0.39 is 0 Å². The smallest absolute Gasteiger partial charge is 0.231 e. The third-order valence-electron chi connectivity index (χ3n) is 4.78. The molecule has 0 radical (unpaired) electrons. The second-order valence-corrected chi connectivity index (χ2v) is 6.75. The molecule has 2 rings (SSSR count). The molecule has 1 heterocycles. The number of nitrogens with one attached hydrogen (secondary N) is 1. The van der Waals surface area contributed by atoms with Gasteiger partial charge in [-0.15, -0.1) is 0 Å². The second kappa shape index (κ2) is 7.99. The highest BCUT2D eigenvalue weighted by molar-refractivity contribution is 5.75. The zero-order valence-electron chi connectivity index (χ0n) is 12.9. The third-order valence-corrected chi connectivity index (χ3v) is 4.78. The summed E-state index contributed by atoms with van der Waals surface area (Å²) >= 11 is 0. The van der Waals surface area contributed by atoms with E-state index in [2.05, 4.69) is 17.1 Å². The van der Waals surface area contributed by atoms with Crippen LogP contribution in [0.3, 0.4) is 0 Å². The number of carbonyl (C=O) groups is 1. The molecule has 0 aromatic rings. The fourth-order valence-corrected chi connectivity index (χ4v) is 3.90. The first-order valence-electron chi connectivity index (χ1n) is 8.44. The Morgan fingerprint density at radius 3 is 2.65 bits per heavy atom. The van der Waals surface area contributed by atoms with Gasteiger partial charge in [0.2, 0.25) is 5.91 Å². The molecule has 1 amide bonds. The molecule has 1 aliphatic carbocycles. The summed E-state index contributed by atoms with van der Waals surface area (Å²) in [4.78, 5) is 13.5. The van der Waals surface area contributed by atoms with Crippen LogP contribution in [-0.4, -0.2) is 42.5 Å². The number of rotatable bonds is 7. The molecule has 0 spiro atoms. The maximum absolute atomic E-state index is 11.2. The number of carbonyl (C=O) groups excluding carboxylic acids is 1. The summed E-state index contributed by atoms with van der Waals surface area (Å²) < 4.78 is 0. The number of unbranched alkanes of at least 4 members (excludes halogenated alkanes) is 1. The number of hydrogen-bond donors (Lipinski definition) is 2. The Balaban J connectivity index is 1.86. The maximum atomic E-state index is 11.2. The molecular weight excluding hydrogens is 250 g/mol. The Labute approximate surface area is 123 Å². The van der Waals surface area contributed by atoms with Gasteiger partial charge in [0, 0.05) is 25.2 Å². The average Bonchev–Trinajstić information content (AvgIpc) is 2.88. The van der Waals surface area contributed by atoms with Gasteiger partial charge in [-0.1, -0.05) is 32.6 Å². The van der Waals surface area contributed by atoms with Gasteiger partial charge in [0.05, 0.1) is 6.54 Å². The summed E-state index contributed by atoms with van der Waals surface area (Å²) in [5, 5.41) is 3.83. The minimum Gasteiger partial charge on any atom is -0.369 e. The van der Waals surface area contributed by atoms with E-state index in [9.17, 15) is 4.79 Å². The van der Waals surface area contributed by atoms with Gasteiger partial charge in [-0.05, 0) is 31.6 Å². The number of amides is 1. The molecule has 3 N–H and O–H groups in total. The first kappa shape index (κ1) is 15.8. The van der Waals surface area contributed by atoms with Gasteiger partial charge < -0.3 is 11.1 Å². The molecular formula is C16H31N3O. The van der Waals surface area contributed by atoms with Crippen LogP contribution in [0.15, 0.2) is 0 Å². The molecule has 2 atom stereocenters. The number of primary amides is 1. The van der Waals surface area contributed by atoms with Crippen molar-refractivity contribution in [3.63, 3.8) is 0 Å². The molecule has 116 valence electrons. The summed E-state index contributed by atoms with van der Waals surface area (Å²) in [6, 6.07) is 1.26. The first-order valence-corrected chi connectivity index (χ1v) is 8.44. The fraction of sp³-hybridized carbons (Fsp3) is 0.938. The van der Waals surface area contributed by atoms with E-state index in [4.69, 9.17) is 5.73 Å². The largest absolute Gasteiger partial charge is 0.369 e. The van der Waals surface area contributed by atoms with Crippen LogP contribution < -0.4 is 11.1 Å². The number of nitrogens with two attached hydrogens (primary N) is 1. The van der Waals surface area contributed by atoms with Crippen molar-refractivity contribution in [1.29, 1.82) is 0 Å². The van der Waals surface area contributed by atoms with E-state index in [1.807, 2.05) is 0 Å². The van der Waals surface area contributed by atoms with Gasteiger partial charge in [-0.3, -0.25) is 9.69 Å². The van der Waals surface area contributed by atoms with Crippen LogP contribution >= 0.6 is 0 Å². The number of nitrogens with zero attached hydrogens (tertiary/aromatic N) is 1. The van der Waals surface area contributed by atoms with Gasteiger partial charge in [0.25, 0.3) is 0 Å². The van der Waals surface area contributed by atoms with Crippen molar-refractivity contribution in [3.05, 3.63) is 0 Å². The fourth-order valence-electron chi connectivity index (χ4n) is 3.90. The Kier molecular flexibility index (Phi) is 6.30. The van der Waals surface area contributed by atoms with Gasteiger partial charge in [-0.2, -0.15) is 0 Å². The van der Waals surface area contributed by atoms with Crippen LogP contribution in [0.4, 0.5) is 0 Å². The lowest BCUT2D eigenvalue weighted by Gasteiger charge is -2.39. The molecule has 4 nitrogen and oxygen atoms in total. The lowest BCUT2D eigenvalue weighted by atomic mass is 9.89. The molecule has 2 unspecified atom stereocenters. The number of piperidine rings is 1. The van der Waals surface area contributed by atoms with E-state index >= 15 is 0 Å². The molecule has 2 fully saturated rings. The Morgan fingerprint density at radius 1 is 1.25 bits per heavy atom. The predicted octanol–water partition coefficient (Wildman–Crippen LogP) is 1.88. The highest BCUT2D eigenvalue weighted by Crippen LogP contribution is 2.25. The Hall–Kier alpha value is -0.610. The van der Waals surface area contributed by atoms with Crippen LogP contribution in [0.25, 0.3) is 0 Å². The lowest BCUT2D eigenvalue weighted by molar-refractivity contribution is -0.119. The zero-order chi connectivity index (χ0) is 14.4. The number of hydrogen-bond acceptors (Lipinski definition) is 3. The Morgan fingerprint density at radius 2 is 2.00 bits per heavy atom. The van der Waals surface area contributed by atoms with Crippen LogP contribution in [0.5, 0.6) is 0 Å². The van der Waals surface area contributed by atoms with Crippen molar-refractivity contribution in [2.75, 3.05) is 19.6 Å². The Bertz CT molecular complexity index is 302. The van der Waals surface area contributed by atoms with Gasteiger partial charge in [0.1, 0.15) is 0 Å². The highest BCUT2D eigenvalue weighted by atomic mass is 16.1. The molecule has 0 aromatic heterocycles. The predicted molar refractivity (Wildman–Crippen MR) is 82.4 cm³/mol. The third kappa shape index (κ3) is 5.06. The van der Waals surface area contributed by atoms with Crippen molar-refractivity contribution in [2.45, 2.75) is 70.4 Å². The van der Waals surface area contributed by atoms with Crippen molar-refractivity contribution in [3.8, 4) is 0 Å². The van der Waals surface area contributed by atoms with Crippen molar-refractivity contribution >= 4 is 5.91 Å². The topological polar surface area (TPSA) is 58.4 Å². The summed E-state index contributed by atoms with van der Waals surface area (Å²) in [5.74, 6) is 0.530. The van der Waals surface area contributed by atoms with E-state index in [0.717, 1.165) is 19.0 Å². The first-order chi connectivity index (χ1) is 9.67. The maximum Gasteiger partial charge on any atom is 0.231 e. The lowest BCUT2D eigenvalue weighted by Crippen LogP contribution is -2.53. The zero-order valence-corrected chi connectivity index (χ0v) is 12.9. The minimum atomic E-state index is -0.194. The van der Waals surface area contributed by atoms with Crippen molar-refractivity contribution in [1.82, 2.24) is 10.2 Å². The van der Waals surface area contributed by atoms with E-state index in [-0.39, 0.29) is 5.91 Å². The van der Waals surface area contributed by atoms with Crippen LogP contribution in [0.1, 0.15) is 58.3 Å². The van der Waals surface area contributed by atoms with Crippen LogP contribution in [-0.2, 0) is 4.79 Å². The second-order valence-electron chi connectivity index (χ2n) is 6.75. The van der Waals surface area contributed by atoms with E-state index in [1.54, 1.807) is 0 Å². The minimum absolute atomic E-state index is 0.194. The monoisotopic (exact) mass is 281 g/mol. The molecule has 4 heteroatoms. The standard InChI is InChI=1S/C16H31N3O/c1-2-3-6-13-9-15(18-14-7-4-5-8-14)11-19(10-13)12-16(17)20/h13-15,18H,2-12H2,1H3,(H2,17,20). The summed E-state index contributed by atoms with van der Waals surface area (Å²) in [6.45, 7) is 4.71. The molecule has 20 heavy (non-hydrogen) atoms. The molecule has 2 aliphatic rings. The summed E-state index contributed by atoms with van der Waals surface area (Å²) in [7, 11) is 0. The van der Waals surface area contributed by atoms with Gasteiger partial charge in [-0.25, -0.2) is 0 Å². The normalized spacial score (nSPS) is 28.9. The quantitative estimate of drug-likeness (QED) is 0.749. The molecule has 1 saturated heterocycles. The van der Waals surface area contributed by atoms with E-state index in [1.165, 1.54) is 51.4 Å². The highest BCUT2D eigenvalue weighted by Gasteiger charge is 2.29. The molecule has 0 aromatic carbocycles. The molecule has 1 saturated carbocycles. The summed E-state index contributed by atoms with van der Waals surface area (Å²) in [6.07, 6.45) is 10.5. The van der Waals surface area contributed by atoms with E-state index in [0.29, 0.717) is 18.6 Å². The average molecular weight is 281 g/mol. The molecule has 0 bridgehead atoms. The van der Waals surface area contributed by atoms with Crippen LogP contribution in [0.2, 0.25) is 0 Å². The van der Waals surface area contributed by atoms with Gasteiger partial charge >= 0.3 is 0 Å². The SMILES string of the molecule is CCCCC1CC(NC2CCCC2)CN(CC(N)=O)C1. The summed E-state index contributed by atoms with van der Waals surface area (Å²) in [5.41, 5.74) is 5.38. The molecule has 1 aliphatic heterocycles. The van der Waals surface area contributed by atoms with Crippen molar-refractivity contribution in [2.24, 2.45) is 11.7 Å². The van der Waals surface area contributed by atoms with Crippen molar-refractivity contribution < 1.29 is 4.79 Å². The number of likely N-dealkylation sites (tertiary alicyclic amines) is 1. The van der Waals surface area contributed by atoms with Gasteiger partial charge in [0.15, 0.2) is 0 Å².